The van der Waals surface area contributed by atoms with Crippen molar-refractivity contribution in [2.75, 3.05) is 13.2 Å². The van der Waals surface area contributed by atoms with E-state index >= 15 is 0 Å². The summed E-state index contributed by atoms with van der Waals surface area (Å²) in [5, 5.41) is 2.73. The summed E-state index contributed by atoms with van der Waals surface area (Å²) in [6.07, 6.45) is 2.26. The minimum Gasteiger partial charge on any atom is -0.494 e. The van der Waals surface area contributed by atoms with Crippen molar-refractivity contribution < 1.29 is 23.9 Å². The van der Waals surface area contributed by atoms with E-state index in [0.29, 0.717) is 29.5 Å². The average Bonchev–Trinajstić information content (AvgIpc) is 3.54. The van der Waals surface area contributed by atoms with E-state index < -0.39 is 12.0 Å². The molecule has 1 unspecified atom stereocenters. The molecule has 1 amide bonds. The summed E-state index contributed by atoms with van der Waals surface area (Å²) in [4.78, 5) is 38.0. The van der Waals surface area contributed by atoms with Crippen LogP contribution in [0.4, 0.5) is 0 Å². The number of amides is 1. The molecule has 0 spiro atoms. The largest absolute Gasteiger partial charge is 0.494 e. The van der Waals surface area contributed by atoms with Gasteiger partial charge in [-0.05, 0) is 69.9 Å². The van der Waals surface area contributed by atoms with Crippen molar-refractivity contribution >= 4 is 17.7 Å². The molecule has 1 aromatic heterocycles. The normalized spacial score (nSPS) is 14.2. The van der Waals surface area contributed by atoms with Gasteiger partial charge in [-0.1, -0.05) is 13.8 Å². The minimum atomic E-state index is -0.860. The van der Waals surface area contributed by atoms with Crippen molar-refractivity contribution in [1.82, 2.24) is 9.88 Å². The lowest BCUT2D eigenvalue weighted by Crippen LogP contribution is -2.45. The maximum atomic E-state index is 12.7. The monoisotopic (exact) mass is 440 g/mol. The Hall–Kier alpha value is -3.09. The van der Waals surface area contributed by atoms with Crippen molar-refractivity contribution in [1.29, 1.82) is 0 Å². The third-order valence-electron chi connectivity index (χ3n) is 5.68. The van der Waals surface area contributed by atoms with Crippen LogP contribution < -0.4 is 10.1 Å². The number of nitrogens with one attached hydrogen (secondary N) is 1. The van der Waals surface area contributed by atoms with Gasteiger partial charge >= 0.3 is 5.97 Å². The lowest BCUT2D eigenvalue weighted by molar-refractivity contribution is -0.145. The lowest BCUT2D eigenvalue weighted by Gasteiger charge is -2.21. The van der Waals surface area contributed by atoms with Crippen LogP contribution in [0.15, 0.2) is 30.3 Å². The molecular formula is C25H32N2O5. The quantitative estimate of drug-likeness (QED) is 0.445. The summed E-state index contributed by atoms with van der Waals surface area (Å²) in [6, 6.07) is 8.17. The first kappa shape index (κ1) is 23.6. The number of hydrogen-bond donors (Lipinski definition) is 1. The second-order valence-corrected chi connectivity index (χ2v) is 8.57. The van der Waals surface area contributed by atoms with Crippen LogP contribution in [0.1, 0.15) is 71.8 Å². The first-order valence-electron chi connectivity index (χ1n) is 11.1. The number of nitrogens with zero attached hydrogens (tertiary/aromatic N) is 1. The molecule has 7 nitrogen and oxygen atoms in total. The van der Waals surface area contributed by atoms with Crippen LogP contribution in [-0.4, -0.2) is 41.5 Å². The highest BCUT2D eigenvalue weighted by atomic mass is 16.5. The van der Waals surface area contributed by atoms with E-state index in [1.54, 1.807) is 24.3 Å². The number of carbonyl (C=O) groups excluding carboxylic acids is 3. The fourth-order valence-corrected chi connectivity index (χ4v) is 3.85. The molecule has 1 saturated carbocycles. The molecule has 32 heavy (non-hydrogen) atoms. The van der Waals surface area contributed by atoms with Gasteiger partial charge in [0, 0.05) is 28.6 Å². The number of esters is 1. The zero-order valence-corrected chi connectivity index (χ0v) is 19.4. The minimum absolute atomic E-state index is 0.204. The van der Waals surface area contributed by atoms with Crippen LogP contribution in [-0.2, 0) is 9.53 Å². The van der Waals surface area contributed by atoms with Crippen molar-refractivity contribution in [3.05, 3.63) is 52.8 Å². The SMILES string of the molecule is CCOc1ccc(C(=O)NC(C(=O)OCC(=O)c2cc(C)n(C3CC3)c2C)C(C)C)cc1. The number of aromatic nitrogens is 1. The molecule has 1 atom stereocenters. The van der Waals surface area contributed by atoms with E-state index in [9.17, 15) is 14.4 Å². The lowest BCUT2D eigenvalue weighted by atomic mass is 10.0. The highest BCUT2D eigenvalue weighted by Gasteiger charge is 2.30. The van der Waals surface area contributed by atoms with Crippen molar-refractivity contribution in [3.63, 3.8) is 0 Å². The van der Waals surface area contributed by atoms with E-state index in [1.165, 1.54) is 0 Å². The Balaban J connectivity index is 1.60. The van der Waals surface area contributed by atoms with E-state index in [0.717, 1.165) is 24.2 Å². The van der Waals surface area contributed by atoms with Crippen molar-refractivity contribution in [2.24, 2.45) is 5.92 Å². The molecule has 0 aliphatic heterocycles. The summed E-state index contributed by atoms with van der Waals surface area (Å²) >= 11 is 0. The third-order valence-corrected chi connectivity index (χ3v) is 5.68. The number of hydrogen-bond acceptors (Lipinski definition) is 5. The number of carbonyl (C=O) groups is 3. The molecule has 1 aromatic carbocycles. The maximum Gasteiger partial charge on any atom is 0.329 e. The third kappa shape index (κ3) is 5.39. The Kier molecular flexibility index (Phi) is 7.38. The van der Waals surface area contributed by atoms with Gasteiger partial charge in [-0.2, -0.15) is 0 Å². The summed E-state index contributed by atoms with van der Waals surface area (Å²) in [5.74, 6) is -0.780. The van der Waals surface area contributed by atoms with Crippen molar-refractivity contribution in [2.45, 2.75) is 59.5 Å². The van der Waals surface area contributed by atoms with E-state index in [1.807, 2.05) is 40.7 Å². The van der Waals surface area contributed by atoms with Gasteiger partial charge in [-0.25, -0.2) is 4.79 Å². The summed E-state index contributed by atoms with van der Waals surface area (Å²) in [5.41, 5.74) is 2.95. The fraction of sp³-hybridized carbons (Fsp3) is 0.480. The molecule has 2 aromatic rings. The molecule has 1 heterocycles. The van der Waals surface area contributed by atoms with Crippen molar-refractivity contribution in [3.8, 4) is 5.75 Å². The van der Waals surface area contributed by atoms with Crippen LogP contribution in [0.5, 0.6) is 5.75 Å². The smallest absolute Gasteiger partial charge is 0.329 e. The average molecular weight is 441 g/mol. The molecule has 1 fully saturated rings. The van der Waals surface area contributed by atoms with Crippen LogP contribution in [0.2, 0.25) is 0 Å². The molecule has 172 valence electrons. The molecule has 1 aliphatic rings. The first-order valence-corrected chi connectivity index (χ1v) is 11.1. The zero-order valence-electron chi connectivity index (χ0n) is 19.4. The first-order chi connectivity index (χ1) is 15.2. The highest BCUT2D eigenvalue weighted by molar-refractivity contribution is 6.00. The van der Waals surface area contributed by atoms with Gasteiger partial charge in [0.1, 0.15) is 11.8 Å². The van der Waals surface area contributed by atoms with Gasteiger partial charge in [0.2, 0.25) is 5.78 Å². The molecule has 1 N–H and O–H groups in total. The Bertz CT molecular complexity index is 987. The Labute approximate surface area is 189 Å². The number of ether oxygens (including phenoxy) is 2. The number of Topliss-reactive ketones (excluding diaryl/α,β-unsaturated/α-hetero) is 1. The highest BCUT2D eigenvalue weighted by Crippen LogP contribution is 2.38. The Morgan fingerprint density at radius 2 is 1.78 bits per heavy atom. The summed E-state index contributed by atoms with van der Waals surface area (Å²) in [7, 11) is 0. The van der Waals surface area contributed by atoms with Gasteiger partial charge < -0.3 is 19.4 Å². The number of ketones is 1. The second-order valence-electron chi connectivity index (χ2n) is 8.57. The maximum absolute atomic E-state index is 12.7. The van der Waals surface area contributed by atoms with Crippen LogP contribution in [0.3, 0.4) is 0 Å². The predicted molar refractivity (Wildman–Crippen MR) is 121 cm³/mol. The topological polar surface area (TPSA) is 86.6 Å². The van der Waals surface area contributed by atoms with E-state index in [-0.39, 0.29) is 24.2 Å². The zero-order chi connectivity index (χ0) is 23.4. The summed E-state index contributed by atoms with van der Waals surface area (Å²) in [6.45, 7) is 9.61. The molecule has 1 aliphatic carbocycles. The standard InChI is InChI=1S/C25H32N2O5/c1-6-31-20-11-7-18(8-12-20)24(29)26-23(15(2)3)25(30)32-14-22(28)21-13-16(4)27(17(21)5)19-9-10-19/h7-8,11-13,15,19,23H,6,9-10,14H2,1-5H3,(H,26,29). The molecule has 3 rings (SSSR count). The van der Waals surface area contributed by atoms with E-state index in [4.69, 9.17) is 9.47 Å². The molecular weight excluding hydrogens is 408 g/mol. The van der Waals surface area contributed by atoms with Crippen LogP contribution >= 0.6 is 0 Å². The molecule has 0 saturated heterocycles. The number of benzene rings is 1. The summed E-state index contributed by atoms with van der Waals surface area (Å²) < 4.78 is 12.9. The van der Waals surface area contributed by atoms with E-state index in [2.05, 4.69) is 9.88 Å². The molecule has 0 bridgehead atoms. The molecule has 0 radical (unpaired) electrons. The fourth-order valence-electron chi connectivity index (χ4n) is 3.85. The van der Waals surface area contributed by atoms with Gasteiger partial charge in [0.05, 0.1) is 6.61 Å². The van der Waals surface area contributed by atoms with Gasteiger partial charge in [0.25, 0.3) is 5.91 Å². The predicted octanol–water partition coefficient (Wildman–Crippen LogP) is 4.02. The Morgan fingerprint density at radius 1 is 1.12 bits per heavy atom. The second kappa shape index (κ2) is 10.0. The van der Waals surface area contributed by atoms with Gasteiger partial charge in [-0.3, -0.25) is 9.59 Å². The molecule has 7 heteroatoms. The number of rotatable bonds is 10. The number of aryl methyl sites for hydroxylation is 1. The van der Waals surface area contributed by atoms with Gasteiger partial charge in [0.15, 0.2) is 6.61 Å². The van der Waals surface area contributed by atoms with Crippen LogP contribution in [0, 0.1) is 19.8 Å². The Morgan fingerprint density at radius 3 is 2.34 bits per heavy atom. The van der Waals surface area contributed by atoms with Crippen LogP contribution in [0.25, 0.3) is 0 Å². The van der Waals surface area contributed by atoms with Gasteiger partial charge in [-0.15, -0.1) is 0 Å².